The number of nitrogens with one attached hydrogen (secondary N) is 1. The molecule has 0 unspecified atom stereocenters. The summed E-state index contributed by atoms with van der Waals surface area (Å²) in [5.74, 6) is -0.296. The van der Waals surface area contributed by atoms with E-state index in [1.165, 1.54) is 5.40 Å². The smallest absolute Gasteiger partial charge is 0.227 e. The summed E-state index contributed by atoms with van der Waals surface area (Å²) in [7, 11) is 0. The molecule has 1 fully saturated rings. The molecular formula is C5H5N2O2S-. The average Bonchev–Trinajstić information content (AvgIpc) is 2.17. The number of nitrogens with zero attached hydrogens (tertiary/aromatic N) is 1. The van der Waals surface area contributed by atoms with Crippen molar-refractivity contribution in [3.63, 3.8) is 0 Å². The second kappa shape index (κ2) is 4.70. The van der Waals surface area contributed by atoms with E-state index < -0.39 is 0 Å². The number of hydrogen-bond acceptors (Lipinski definition) is 4. The van der Waals surface area contributed by atoms with Crippen LogP contribution in [0, 0.1) is 10.7 Å². The summed E-state index contributed by atoms with van der Waals surface area (Å²) < 4.78 is 0. The topological polar surface area (TPSA) is 70.0 Å². The van der Waals surface area contributed by atoms with Crippen molar-refractivity contribution in [2.45, 2.75) is 12.8 Å². The van der Waals surface area contributed by atoms with E-state index in [4.69, 9.17) is 5.26 Å². The van der Waals surface area contributed by atoms with Gasteiger partial charge in [0.25, 0.3) is 0 Å². The van der Waals surface area contributed by atoms with E-state index >= 15 is 0 Å². The van der Waals surface area contributed by atoms with Gasteiger partial charge in [-0.25, -0.2) is 5.26 Å². The van der Waals surface area contributed by atoms with Crippen LogP contribution in [0.1, 0.15) is 12.8 Å². The number of thiocyanates is 1. The number of carbonyl (C=O) groups excluding carboxylic acids is 2. The summed E-state index contributed by atoms with van der Waals surface area (Å²) in [5, 5.41) is 10.6. The van der Waals surface area contributed by atoms with Crippen molar-refractivity contribution in [2.24, 2.45) is 0 Å². The lowest BCUT2D eigenvalue weighted by Gasteiger charge is -1.79. The molecule has 2 amide bonds. The molecule has 54 valence electrons. The molecule has 5 heteroatoms. The number of rotatable bonds is 0. The Hall–Kier alpha value is -1.15. The Labute approximate surface area is 63.6 Å². The van der Waals surface area contributed by atoms with Crippen LogP contribution in [0.2, 0.25) is 0 Å². The molecule has 1 saturated heterocycles. The van der Waals surface area contributed by atoms with Gasteiger partial charge in [0.05, 0.1) is 0 Å². The van der Waals surface area contributed by atoms with E-state index in [-0.39, 0.29) is 11.8 Å². The van der Waals surface area contributed by atoms with Crippen molar-refractivity contribution in [1.82, 2.24) is 5.32 Å². The van der Waals surface area contributed by atoms with Gasteiger partial charge in [-0.1, -0.05) is 5.40 Å². The zero-order valence-electron chi connectivity index (χ0n) is 5.09. The lowest BCUT2D eigenvalue weighted by Crippen LogP contribution is -2.18. The SMILES string of the molecule is N#C[S-].O=C1CCC(=O)N1. The summed E-state index contributed by atoms with van der Waals surface area (Å²) in [6.45, 7) is 0. The Morgan fingerprint density at radius 3 is 1.80 bits per heavy atom. The Morgan fingerprint density at radius 2 is 1.70 bits per heavy atom. The molecule has 0 atom stereocenters. The lowest BCUT2D eigenvalue weighted by molar-refractivity contribution is -0.124. The van der Waals surface area contributed by atoms with Crippen molar-refractivity contribution < 1.29 is 9.59 Å². The lowest BCUT2D eigenvalue weighted by atomic mass is 10.4. The minimum Gasteiger partial charge on any atom is -0.696 e. The van der Waals surface area contributed by atoms with Crippen LogP contribution < -0.4 is 5.32 Å². The van der Waals surface area contributed by atoms with Crippen LogP contribution in [-0.4, -0.2) is 11.8 Å². The Balaban J connectivity index is 0.000000236. The van der Waals surface area contributed by atoms with Gasteiger partial charge in [-0.2, -0.15) is 0 Å². The molecule has 1 N–H and O–H groups in total. The molecule has 1 rings (SSSR count). The largest absolute Gasteiger partial charge is 0.696 e. The summed E-state index contributed by atoms with van der Waals surface area (Å²) in [6.07, 6.45) is 0.748. The van der Waals surface area contributed by atoms with Gasteiger partial charge >= 0.3 is 0 Å². The minimum atomic E-state index is -0.148. The van der Waals surface area contributed by atoms with E-state index in [2.05, 4.69) is 17.9 Å². The molecule has 0 radical (unpaired) electrons. The van der Waals surface area contributed by atoms with Gasteiger partial charge in [0, 0.05) is 12.8 Å². The number of carbonyl (C=O) groups is 2. The molecule has 0 saturated carbocycles. The van der Waals surface area contributed by atoms with Gasteiger partial charge in [-0.3, -0.25) is 14.9 Å². The van der Waals surface area contributed by atoms with E-state index in [9.17, 15) is 9.59 Å². The van der Waals surface area contributed by atoms with Crippen LogP contribution in [0.25, 0.3) is 0 Å². The molecular weight excluding hydrogens is 152 g/mol. The van der Waals surface area contributed by atoms with Crippen LogP contribution in [0.15, 0.2) is 0 Å². The highest BCUT2D eigenvalue weighted by Gasteiger charge is 2.15. The predicted octanol–water partition coefficient (Wildman–Crippen LogP) is -0.563. The first-order chi connectivity index (χ1) is 4.70. The number of hydrogen-bond donors (Lipinski definition) is 1. The molecule has 0 aromatic rings. The molecule has 0 bridgehead atoms. The van der Waals surface area contributed by atoms with Gasteiger partial charge in [0.2, 0.25) is 11.8 Å². The standard InChI is InChI=1S/C4H5NO2.CHNS/c6-3-1-2-4(7)5-3;2-1-3/h1-2H2,(H,5,6,7);3H/p-1. The molecule has 0 aromatic carbocycles. The number of nitriles is 1. The van der Waals surface area contributed by atoms with Crippen LogP contribution in [0.5, 0.6) is 0 Å². The fourth-order valence-corrected chi connectivity index (χ4v) is 0.508. The first-order valence-electron chi connectivity index (χ1n) is 2.54. The van der Waals surface area contributed by atoms with Crippen molar-refractivity contribution in [3.05, 3.63) is 0 Å². The Kier molecular flexibility index (Phi) is 4.16. The first-order valence-corrected chi connectivity index (χ1v) is 2.95. The maximum atomic E-state index is 10.1. The molecule has 4 nitrogen and oxygen atoms in total. The van der Waals surface area contributed by atoms with Crippen LogP contribution in [0.3, 0.4) is 0 Å². The third-order valence-corrected chi connectivity index (χ3v) is 0.858. The van der Waals surface area contributed by atoms with Gasteiger partial charge in [0.1, 0.15) is 0 Å². The average molecular weight is 157 g/mol. The third-order valence-electron chi connectivity index (χ3n) is 0.858. The fraction of sp³-hybridized carbons (Fsp3) is 0.400. The highest BCUT2D eigenvalue weighted by atomic mass is 32.1. The summed E-state index contributed by atoms with van der Waals surface area (Å²) in [4.78, 5) is 20.2. The van der Waals surface area contributed by atoms with Gasteiger partial charge < -0.3 is 12.6 Å². The number of imide groups is 1. The zero-order chi connectivity index (χ0) is 7.98. The Morgan fingerprint density at radius 1 is 1.40 bits per heavy atom. The number of amides is 2. The van der Waals surface area contributed by atoms with Crippen molar-refractivity contribution in [1.29, 1.82) is 5.26 Å². The molecule has 1 heterocycles. The van der Waals surface area contributed by atoms with Crippen molar-refractivity contribution in [3.8, 4) is 5.40 Å². The maximum Gasteiger partial charge on any atom is 0.227 e. The molecule has 0 aliphatic carbocycles. The second-order valence-electron chi connectivity index (χ2n) is 1.56. The highest BCUT2D eigenvalue weighted by molar-refractivity contribution is 7.64. The minimum absolute atomic E-state index is 0.148. The summed E-state index contributed by atoms with van der Waals surface area (Å²) in [6, 6.07) is 0. The van der Waals surface area contributed by atoms with Crippen LogP contribution >= 0.6 is 0 Å². The predicted molar refractivity (Wildman–Crippen MR) is 35.4 cm³/mol. The molecule has 0 aromatic heterocycles. The molecule has 0 spiro atoms. The normalized spacial score (nSPS) is 14.7. The second-order valence-corrected chi connectivity index (χ2v) is 1.75. The van der Waals surface area contributed by atoms with E-state index in [0.29, 0.717) is 12.8 Å². The van der Waals surface area contributed by atoms with E-state index in [1.807, 2.05) is 0 Å². The highest BCUT2D eigenvalue weighted by Crippen LogP contribution is 1.95. The third kappa shape index (κ3) is 3.80. The monoisotopic (exact) mass is 157 g/mol. The maximum absolute atomic E-state index is 10.1. The van der Waals surface area contributed by atoms with Crippen molar-refractivity contribution in [2.75, 3.05) is 0 Å². The van der Waals surface area contributed by atoms with Crippen molar-refractivity contribution >= 4 is 24.4 Å². The van der Waals surface area contributed by atoms with Gasteiger partial charge in [-0.15, -0.1) is 0 Å². The van der Waals surface area contributed by atoms with E-state index in [0.717, 1.165) is 0 Å². The van der Waals surface area contributed by atoms with Gasteiger partial charge in [-0.05, 0) is 0 Å². The Bertz CT molecular complexity index is 171. The zero-order valence-corrected chi connectivity index (χ0v) is 5.90. The molecule has 1 aliphatic rings. The fourth-order valence-electron chi connectivity index (χ4n) is 0.508. The summed E-state index contributed by atoms with van der Waals surface area (Å²) in [5.41, 5.74) is 0. The first kappa shape index (κ1) is 8.85. The quantitative estimate of drug-likeness (QED) is 0.290. The van der Waals surface area contributed by atoms with Crippen LogP contribution in [0.4, 0.5) is 0 Å². The van der Waals surface area contributed by atoms with Gasteiger partial charge in [0.15, 0.2) is 0 Å². The molecule has 10 heavy (non-hydrogen) atoms. The molecule has 1 aliphatic heterocycles. The summed E-state index contributed by atoms with van der Waals surface area (Å²) >= 11 is 3.70. The van der Waals surface area contributed by atoms with E-state index in [1.54, 1.807) is 0 Å². The van der Waals surface area contributed by atoms with Crippen LogP contribution in [-0.2, 0) is 22.2 Å².